The third kappa shape index (κ3) is 5.63. The fourth-order valence-electron chi connectivity index (χ4n) is 3.58. The highest BCUT2D eigenvalue weighted by molar-refractivity contribution is 7.89. The van der Waals surface area contributed by atoms with Crippen molar-refractivity contribution in [3.63, 3.8) is 0 Å². The van der Waals surface area contributed by atoms with Gasteiger partial charge in [0.25, 0.3) is 0 Å². The van der Waals surface area contributed by atoms with Gasteiger partial charge in [0.15, 0.2) is 0 Å². The second-order valence-corrected chi connectivity index (χ2v) is 9.65. The Morgan fingerprint density at radius 3 is 2.61 bits per heavy atom. The first kappa shape index (κ1) is 22.6. The molecule has 3 aromatic rings. The molecule has 0 saturated carbocycles. The third-order valence-electron chi connectivity index (χ3n) is 5.34. The van der Waals surface area contributed by atoms with Crippen LogP contribution < -0.4 is 15.4 Å². The van der Waals surface area contributed by atoms with Crippen LogP contribution in [-0.4, -0.2) is 31.3 Å². The predicted molar refractivity (Wildman–Crippen MR) is 125 cm³/mol. The monoisotopic (exact) mass is 464 g/mol. The molecule has 1 aliphatic heterocycles. The molecule has 8 nitrogen and oxygen atoms in total. The van der Waals surface area contributed by atoms with Gasteiger partial charge in [-0.2, -0.15) is 4.72 Å². The third-order valence-corrected chi connectivity index (χ3v) is 6.81. The lowest BCUT2D eigenvalue weighted by molar-refractivity contribution is -0.118. The molecule has 33 heavy (non-hydrogen) atoms. The Labute approximate surface area is 192 Å². The molecule has 2 aromatic carbocycles. The van der Waals surface area contributed by atoms with E-state index in [4.69, 9.17) is 0 Å². The number of pyridine rings is 1. The topological polar surface area (TPSA) is 117 Å². The maximum absolute atomic E-state index is 13.2. The molecular weight excluding hydrogens is 440 g/mol. The number of hydrogen-bond donors (Lipinski definition) is 3. The zero-order valence-corrected chi connectivity index (χ0v) is 18.9. The van der Waals surface area contributed by atoms with Crippen LogP contribution in [0.1, 0.15) is 23.1 Å². The summed E-state index contributed by atoms with van der Waals surface area (Å²) in [5.41, 5.74) is 3.10. The number of hydrogen-bond acceptors (Lipinski definition) is 5. The minimum atomic E-state index is -4.01. The summed E-state index contributed by atoms with van der Waals surface area (Å²) in [6.07, 6.45) is 2.54. The SMILES string of the molecule is Cc1ccc(NC(=O)C(Cc2ccccc2)NS(=O)(=O)c2ccc3c(c2)CCC(=O)N3)nc1. The summed E-state index contributed by atoms with van der Waals surface area (Å²) < 4.78 is 28.9. The van der Waals surface area contributed by atoms with E-state index in [1.807, 2.05) is 43.3 Å². The lowest BCUT2D eigenvalue weighted by Crippen LogP contribution is -2.45. The quantitative estimate of drug-likeness (QED) is 0.497. The molecule has 3 N–H and O–H groups in total. The number of sulfonamides is 1. The summed E-state index contributed by atoms with van der Waals surface area (Å²) in [5, 5.41) is 5.43. The van der Waals surface area contributed by atoms with Gasteiger partial charge in [-0.1, -0.05) is 36.4 Å². The Morgan fingerprint density at radius 2 is 1.88 bits per heavy atom. The van der Waals surface area contributed by atoms with Crippen molar-refractivity contribution in [3.05, 3.63) is 83.6 Å². The Morgan fingerprint density at radius 1 is 1.09 bits per heavy atom. The highest BCUT2D eigenvalue weighted by atomic mass is 32.2. The molecule has 1 atom stereocenters. The van der Waals surface area contributed by atoms with E-state index in [0.717, 1.165) is 16.7 Å². The summed E-state index contributed by atoms with van der Waals surface area (Å²) in [5.74, 6) is -0.267. The molecule has 170 valence electrons. The Hall–Kier alpha value is -3.56. The van der Waals surface area contributed by atoms with Crippen LogP contribution in [0.25, 0.3) is 0 Å². The largest absolute Gasteiger partial charge is 0.326 e. The minimum absolute atomic E-state index is 0.0386. The molecule has 2 heterocycles. The molecule has 0 spiro atoms. The van der Waals surface area contributed by atoms with Crippen LogP contribution in [0.4, 0.5) is 11.5 Å². The minimum Gasteiger partial charge on any atom is -0.326 e. The molecule has 0 saturated heterocycles. The van der Waals surface area contributed by atoms with Crippen molar-refractivity contribution in [2.24, 2.45) is 0 Å². The second-order valence-electron chi connectivity index (χ2n) is 7.94. The van der Waals surface area contributed by atoms with Gasteiger partial charge in [0.2, 0.25) is 21.8 Å². The van der Waals surface area contributed by atoms with Gasteiger partial charge in [-0.05, 0) is 60.7 Å². The van der Waals surface area contributed by atoms with Crippen molar-refractivity contribution in [2.75, 3.05) is 10.6 Å². The molecule has 9 heteroatoms. The molecule has 1 unspecified atom stereocenters. The molecule has 0 fully saturated rings. The van der Waals surface area contributed by atoms with E-state index in [9.17, 15) is 18.0 Å². The van der Waals surface area contributed by atoms with Crippen molar-refractivity contribution >= 4 is 33.3 Å². The highest BCUT2D eigenvalue weighted by Gasteiger charge is 2.27. The van der Waals surface area contributed by atoms with Crippen LogP contribution in [0.3, 0.4) is 0 Å². The molecule has 2 amide bonds. The van der Waals surface area contributed by atoms with Gasteiger partial charge < -0.3 is 10.6 Å². The first-order valence-electron chi connectivity index (χ1n) is 10.5. The maximum Gasteiger partial charge on any atom is 0.244 e. The Kier molecular flexibility index (Phi) is 6.52. The van der Waals surface area contributed by atoms with Gasteiger partial charge >= 0.3 is 0 Å². The van der Waals surface area contributed by atoms with E-state index >= 15 is 0 Å². The number of carbonyl (C=O) groups is 2. The number of benzene rings is 2. The molecule has 0 aliphatic carbocycles. The highest BCUT2D eigenvalue weighted by Crippen LogP contribution is 2.25. The van der Waals surface area contributed by atoms with Gasteiger partial charge in [-0.3, -0.25) is 9.59 Å². The molecular formula is C24H24N4O4S. The van der Waals surface area contributed by atoms with Gasteiger partial charge in [-0.15, -0.1) is 0 Å². The fourth-order valence-corrected chi connectivity index (χ4v) is 4.82. The smallest absolute Gasteiger partial charge is 0.244 e. The van der Waals surface area contributed by atoms with Crippen LogP contribution in [0, 0.1) is 6.92 Å². The Bertz CT molecular complexity index is 1280. The van der Waals surface area contributed by atoms with Crippen LogP contribution in [-0.2, 0) is 32.5 Å². The number of carbonyl (C=O) groups excluding carboxylic acids is 2. The molecule has 4 rings (SSSR count). The number of rotatable bonds is 7. The molecule has 0 radical (unpaired) electrons. The fraction of sp³-hybridized carbons (Fsp3) is 0.208. The first-order valence-corrected chi connectivity index (χ1v) is 12.0. The van der Waals surface area contributed by atoms with E-state index in [1.165, 1.54) is 12.1 Å². The number of anilines is 2. The van der Waals surface area contributed by atoms with Crippen molar-refractivity contribution in [3.8, 4) is 0 Å². The van der Waals surface area contributed by atoms with E-state index in [-0.39, 0.29) is 17.2 Å². The number of nitrogens with zero attached hydrogens (tertiary/aromatic N) is 1. The Balaban J connectivity index is 1.58. The standard InChI is InChI=1S/C24H24N4O4S/c1-16-7-11-22(25-15-16)27-24(30)21(13-17-5-3-2-4-6-17)28-33(31,32)19-9-10-20-18(14-19)8-12-23(29)26-20/h2-7,9-11,14-15,21,28H,8,12-13H2,1H3,(H,26,29)(H,25,27,30). The average molecular weight is 465 g/mol. The number of aromatic nitrogens is 1. The van der Waals surface area contributed by atoms with Crippen molar-refractivity contribution in [2.45, 2.75) is 37.1 Å². The van der Waals surface area contributed by atoms with E-state index in [1.54, 1.807) is 18.3 Å². The number of amides is 2. The van der Waals surface area contributed by atoms with Crippen molar-refractivity contribution in [1.82, 2.24) is 9.71 Å². The first-order chi connectivity index (χ1) is 15.8. The van der Waals surface area contributed by atoms with Crippen LogP contribution in [0.2, 0.25) is 0 Å². The number of nitrogens with one attached hydrogen (secondary N) is 3. The van der Waals surface area contributed by atoms with Gasteiger partial charge in [0.05, 0.1) is 4.90 Å². The average Bonchev–Trinajstić information content (AvgIpc) is 2.80. The number of aryl methyl sites for hydroxylation is 2. The summed E-state index contributed by atoms with van der Waals surface area (Å²) >= 11 is 0. The maximum atomic E-state index is 13.2. The number of fused-ring (bicyclic) bond motifs is 1. The van der Waals surface area contributed by atoms with E-state index in [0.29, 0.717) is 24.3 Å². The summed E-state index contributed by atoms with van der Waals surface area (Å²) in [6.45, 7) is 1.88. The lowest BCUT2D eigenvalue weighted by Gasteiger charge is -2.20. The normalized spacial score (nSPS) is 14.2. The van der Waals surface area contributed by atoms with E-state index < -0.39 is 22.0 Å². The lowest BCUT2D eigenvalue weighted by atomic mass is 10.0. The summed E-state index contributed by atoms with van der Waals surface area (Å²) in [7, 11) is -4.01. The van der Waals surface area contributed by atoms with Crippen molar-refractivity contribution in [1.29, 1.82) is 0 Å². The van der Waals surface area contributed by atoms with Gasteiger partial charge in [-0.25, -0.2) is 13.4 Å². The van der Waals surface area contributed by atoms with Crippen LogP contribution in [0.5, 0.6) is 0 Å². The van der Waals surface area contributed by atoms with Crippen molar-refractivity contribution < 1.29 is 18.0 Å². The summed E-state index contributed by atoms with van der Waals surface area (Å²) in [6, 6.07) is 16.1. The molecule has 1 aromatic heterocycles. The second kappa shape index (κ2) is 9.51. The molecule has 0 bridgehead atoms. The van der Waals surface area contributed by atoms with Crippen LogP contribution in [0.15, 0.2) is 71.8 Å². The van der Waals surface area contributed by atoms with Gasteiger partial charge in [0.1, 0.15) is 11.9 Å². The predicted octanol–water partition coefficient (Wildman–Crippen LogP) is 2.80. The van der Waals surface area contributed by atoms with E-state index in [2.05, 4.69) is 20.3 Å². The molecule has 1 aliphatic rings. The zero-order valence-electron chi connectivity index (χ0n) is 18.0. The van der Waals surface area contributed by atoms with Crippen LogP contribution >= 0.6 is 0 Å². The summed E-state index contributed by atoms with van der Waals surface area (Å²) in [4.78, 5) is 28.8. The zero-order chi connectivity index (χ0) is 23.4. The van der Waals surface area contributed by atoms with Gasteiger partial charge in [0, 0.05) is 18.3 Å².